The number of hydrogen-bond acceptors (Lipinski definition) is 10. The van der Waals surface area contributed by atoms with Crippen molar-refractivity contribution in [2.75, 3.05) is 7.11 Å². The summed E-state index contributed by atoms with van der Waals surface area (Å²) in [6, 6.07) is -0.995. The van der Waals surface area contributed by atoms with Crippen molar-refractivity contribution in [2.24, 2.45) is 0 Å². The van der Waals surface area contributed by atoms with Gasteiger partial charge in [0, 0.05) is 20.3 Å². The lowest BCUT2D eigenvalue weighted by Gasteiger charge is -2.42. The summed E-state index contributed by atoms with van der Waals surface area (Å²) < 4.78 is 13.4. The highest BCUT2D eigenvalue weighted by molar-refractivity contribution is 5.92. The second-order valence-electron chi connectivity index (χ2n) is 9.36. The fourth-order valence-electron chi connectivity index (χ4n) is 4.00. The number of ether oxygens (including phenoxy) is 2. The Bertz CT molecular complexity index is 1100. The number of amides is 1. The molecular weight excluding hydrogens is 446 g/mol. The van der Waals surface area contributed by atoms with Gasteiger partial charge in [-0.25, -0.2) is 19.0 Å². The molecule has 0 aliphatic heterocycles. The van der Waals surface area contributed by atoms with E-state index in [-0.39, 0.29) is 35.8 Å². The maximum atomic E-state index is 12.9. The van der Waals surface area contributed by atoms with Crippen molar-refractivity contribution in [3.63, 3.8) is 0 Å². The van der Waals surface area contributed by atoms with Crippen LogP contribution < -0.4 is 5.32 Å². The van der Waals surface area contributed by atoms with Gasteiger partial charge in [0.15, 0.2) is 11.6 Å². The molecule has 1 unspecified atom stereocenters. The molecule has 184 valence electrons. The van der Waals surface area contributed by atoms with E-state index >= 15 is 0 Å². The Morgan fingerprint density at radius 2 is 1.53 bits per heavy atom. The van der Waals surface area contributed by atoms with E-state index in [2.05, 4.69) is 25.9 Å². The average Bonchev–Trinajstić information content (AvgIpc) is 3.41. The maximum Gasteiger partial charge on any atom is 0.408 e. The minimum absolute atomic E-state index is 0.0412. The van der Waals surface area contributed by atoms with Crippen LogP contribution in [0.15, 0.2) is 12.4 Å². The standard InChI is InChI=1S/C21H29N7O6/c1-12(29)14-10-27(25-23-14)16-7-8-21(18(31)33-6,22-19(32)34-20(3,4)5)9-17(16)28-11-15(13(2)30)24-26-28/h10-11,16-17H,7-9H2,1-6H3,(H,22,32)/t16-,17-,21?/m1/s1. The number of nitrogens with one attached hydrogen (secondary N) is 1. The van der Waals surface area contributed by atoms with Gasteiger partial charge in [-0.2, -0.15) is 0 Å². The van der Waals surface area contributed by atoms with Gasteiger partial charge in [0.1, 0.15) is 22.5 Å². The van der Waals surface area contributed by atoms with Crippen molar-refractivity contribution in [1.29, 1.82) is 0 Å². The van der Waals surface area contributed by atoms with Crippen molar-refractivity contribution in [3.8, 4) is 0 Å². The molecule has 2 heterocycles. The summed E-state index contributed by atoms with van der Waals surface area (Å²) >= 11 is 0. The van der Waals surface area contributed by atoms with Gasteiger partial charge >= 0.3 is 12.1 Å². The summed E-state index contributed by atoms with van der Waals surface area (Å²) in [5, 5.41) is 18.7. The zero-order valence-electron chi connectivity index (χ0n) is 20.1. The van der Waals surface area contributed by atoms with E-state index < -0.39 is 35.3 Å². The minimum Gasteiger partial charge on any atom is -0.467 e. The summed E-state index contributed by atoms with van der Waals surface area (Å²) in [4.78, 5) is 49.1. The number of nitrogens with zero attached hydrogens (tertiary/aromatic N) is 6. The van der Waals surface area contributed by atoms with E-state index in [1.165, 1.54) is 42.7 Å². The number of methoxy groups -OCH3 is 1. The van der Waals surface area contributed by atoms with Crippen LogP contribution in [-0.2, 0) is 14.3 Å². The second-order valence-corrected chi connectivity index (χ2v) is 9.36. The number of ketones is 2. The second kappa shape index (κ2) is 9.31. The fraction of sp³-hybridized carbons (Fsp3) is 0.619. The van der Waals surface area contributed by atoms with Gasteiger partial charge in [0.25, 0.3) is 0 Å². The van der Waals surface area contributed by atoms with Gasteiger partial charge in [0.05, 0.1) is 31.6 Å². The lowest BCUT2D eigenvalue weighted by molar-refractivity contribution is -0.151. The Morgan fingerprint density at radius 1 is 1.00 bits per heavy atom. The highest BCUT2D eigenvalue weighted by atomic mass is 16.6. The topological polar surface area (TPSA) is 160 Å². The molecule has 3 rings (SSSR count). The van der Waals surface area contributed by atoms with Gasteiger partial charge in [-0.05, 0) is 33.6 Å². The molecule has 1 saturated carbocycles. The average molecular weight is 476 g/mol. The SMILES string of the molecule is COC(=O)C1(NC(=O)OC(C)(C)C)CC[C@@H](n2cc(C(C)=O)nn2)[C@H](n2cc(C(C)=O)nn2)C1. The Balaban J connectivity index is 2.01. The van der Waals surface area contributed by atoms with Gasteiger partial charge in [0.2, 0.25) is 0 Å². The Labute approximate surface area is 196 Å². The van der Waals surface area contributed by atoms with E-state index in [0.717, 1.165) is 0 Å². The van der Waals surface area contributed by atoms with Gasteiger partial charge in [-0.1, -0.05) is 10.4 Å². The molecule has 1 N–H and O–H groups in total. The van der Waals surface area contributed by atoms with Crippen molar-refractivity contribution in [1.82, 2.24) is 35.3 Å². The Hall–Kier alpha value is -3.64. The lowest BCUT2D eigenvalue weighted by atomic mass is 9.76. The van der Waals surface area contributed by atoms with E-state index in [1.54, 1.807) is 20.8 Å². The molecule has 13 heteroatoms. The van der Waals surface area contributed by atoms with Crippen LogP contribution in [0.5, 0.6) is 0 Å². The number of alkyl carbamates (subject to hydrolysis) is 1. The van der Waals surface area contributed by atoms with E-state index in [9.17, 15) is 19.2 Å². The Kier molecular flexibility index (Phi) is 6.84. The van der Waals surface area contributed by atoms with E-state index in [4.69, 9.17) is 9.47 Å². The van der Waals surface area contributed by atoms with Crippen LogP contribution in [0.3, 0.4) is 0 Å². The molecular formula is C21H29N7O6. The smallest absolute Gasteiger partial charge is 0.408 e. The number of rotatable bonds is 6. The number of Topliss-reactive ketones (excluding diaryl/α,β-unsaturated/α-hetero) is 2. The Morgan fingerprint density at radius 3 is 1.97 bits per heavy atom. The molecule has 0 saturated heterocycles. The number of esters is 1. The predicted molar refractivity (Wildman–Crippen MR) is 116 cm³/mol. The first-order valence-corrected chi connectivity index (χ1v) is 10.8. The molecule has 1 fully saturated rings. The number of aromatic nitrogens is 6. The van der Waals surface area contributed by atoms with Crippen LogP contribution >= 0.6 is 0 Å². The molecule has 34 heavy (non-hydrogen) atoms. The van der Waals surface area contributed by atoms with E-state index in [0.29, 0.717) is 6.42 Å². The third-order valence-corrected chi connectivity index (χ3v) is 5.61. The molecule has 13 nitrogen and oxygen atoms in total. The van der Waals surface area contributed by atoms with Crippen molar-refractivity contribution < 1.29 is 28.7 Å². The molecule has 2 aromatic rings. The van der Waals surface area contributed by atoms with Crippen molar-refractivity contribution >= 4 is 23.6 Å². The zero-order valence-corrected chi connectivity index (χ0v) is 20.1. The van der Waals surface area contributed by atoms with Crippen LogP contribution in [0.25, 0.3) is 0 Å². The quantitative estimate of drug-likeness (QED) is 0.481. The monoisotopic (exact) mass is 475 g/mol. The van der Waals surface area contributed by atoms with Crippen LogP contribution in [-0.4, -0.2) is 71.9 Å². The molecule has 3 atom stereocenters. The zero-order chi connectivity index (χ0) is 25.3. The third-order valence-electron chi connectivity index (χ3n) is 5.61. The molecule has 0 radical (unpaired) electrons. The first-order valence-electron chi connectivity index (χ1n) is 10.8. The third kappa shape index (κ3) is 5.29. The number of carbonyl (C=O) groups excluding carboxylic acids is 4. The van der Waals surface area contributed by atoms with Crippen LogP contribution in [0.4, 0.5) is 4.79 Å². The summed E-state index contributed by atoms with van der Waals surface area (Å²) in [5.41, 5.74) is -1.86. The van der Waals surface area contributed by atoms with Gasteiger partial charge < -0.3 is 14.8 Å². The molecule has 1 aliphatic carbocycles. The van der Waals surface area contributed by atoms with Crippen molar-refractivity contribution in [3.05, 3.63) is 23.8 Å². The number of hydrogen-bond donors (Lipinski definition) is 1. The molecule has 0 aromatic carbocycles. The summed E-state index contributed by atoms with van der Waals surface area (Å²) in [5.74, 6) is -1.16. The maximum absolute atomic E-state index is 12.9. The first-order chi connectivity index (χ1) is 15.8. The lowest BCUT2D eigenvalue weighted by Crippen LogP contribution is -2.59. The summed E-state index contributed by atoms with van der Waals surface area (Å²) in [6.07, 6.45) is 2.81. The molecule has 1 aliphatic rings. The molecule has 0 bridgehead atoms. The van der Waals surface area contributed by atoms with Gasteiger partial charge in [-0.15, -0.1) is 10.2 Å². The number of carbonyl (C=O) groups is 4. The minimum atomic E-state index is -1.43. The first kappa shape index (κ1) is 25.0. The summed E-state index contributed by atoms with van der Waals surface area (Å²) in [7, 11) is 1.24. The van der Waals surface area contributed by atoms with E-state index in [1.807, 2.05) is 0 Å². The summed E-state index contributed by atoms with van der Waals surface area (Å²) in [6.45, 7) is 7.90. The van der Waals surface area contributed by atoms with Crippen LogP contribution in [0.2, 0.25) is 0 Å². The molecule has 1 amide bonds. The normalized spacial score (nSPS) is 22.6. The largest absolute Gasteiger partial charge is 0.467 e. The highest BCUT2D eigenvalue weighted by Gasteiger charge is 2.50. The van der Waals surface area contributed by atoms with Gasteiger partial charge in [-0.3, -0.25) is 9.59 Å². The molecule has 2 aromatic heterocycles. The highest BCUT2D eigenvalue weighted by Crippen LogP contribution is 2.42. The van der Waals surface area contributed by atoms with Crippen molar-refractivity contribution in [2.45, 2.75) is 77.1 Å². The van der Waals surface area contributed by atoms with Crippen LogP contribution in [0, 0.1) is 0 Å². The molecule has 0 spiro atoms. The van der Waals surface area contributed by atoms with Crippen LogP contribution in [0.1, 0.15) is 86.9 Å². The fourth-order valence-corrected chi connectivity index (χ4v) is 4.00. The predicted octanol–water partition coefficient (Wildman–Crippen LogP) is 1.68.